The van der Waals surface area contributed by atoms with Gasteiger partial charge in [0.15, 0.2) is 0 Å². The first-order valence-corrected chi connectivity index (χ1v) is 6.15. The van der Waals surface area contributed by atoms with Crippen LogP contribution in [0.25, 0.3) is 0 Å². The Kier molecular flexibility index (Phi) is 3.06. The summed E-state index contributed by atoms with van der Waals surface area (Å²) in [7, 11) is 0. The largest absolute Gasteiger partial charge is 0.359 e. The summed E-state index contributed by atoms with van der Waals surface area (Å²) >= 11 is 0. The molecule has 0 aromatic carbocycles. The summed E-state index contributed by atoms with van der Waals surface area (Å²) in [5.41, 5.74) is 0.0336. The molecule has 15 heavy (non-hydrogen) atoms. The van der Waals surface area contributed by atoms with Gasteiger partial charge in [0.2, 0.25) is 0 Å². The molecular formula is C12H24N2O. The molecule has 2 heterocycles. The van der Waals surface area contributed by atoms with Crippen molar-refractivity contribution in [2.45, 2.75) is 51.3 Å². The van der Waals surface area contributed by atoms with Gasteiger partial charge in [-0.15, -0.1) is 0 Å². The summed E-state index contributed by atoms with van der Waals surface area (Å²) in [5, 5.41) is 3.58. The number of likely N-dealkylation sites (tertiary alicyclic amines) is 1. The summed E-state index contributed by atoms with van der Waals surface area (Å²) in [5.74, 6) is 0. The van der Waals surface area contributed by atoms with Gasteiger partial charge in [-0.05, 0) is 46.7 Å². The quantitative estimate of drug-likeness (QED) is 0.769. The second-order valence-electron chi connectivity index (χ2n) is 5.83. The number of nitrogens with one attached hydrogen (secondary N) is 1. The van der Waals surface area contributed by atoms with Crippen LogP contribution in [0.2, 0.25) is 0 Å². The van der Waals surface area contributed by atoms with Gasteiger partial charge in [0, 0.05) is 18.5 Å². The molecule has 0 radical (unpaired) electrons. The molecule has 0 aliphatic carbocycles. The van der Waals surface area contributed by atoms with Crippen LogP contribution in [0.5, 0.6) is 0 Å². The van der Waals surface area contributed by atoms with Gasteiger partial charge >= 0.3 is 0 Å². The van der Waals surface area contributed by atoms with Crippen molar-refractivity contribution in [3.05, 3.63) is 0 Å². The first-order valence-electron chi connectivity index (χ1n) is 6.15. The number of nitrogens with zero attached hydrogens (tertiary/aromatic N) is 1. The van der Waals surface area contributed by atoms with Gasteiger partial charge in [-0.1, -0.05) is 0 Å². The maximum atomic E-state index is 5.88. The minimum atomic E-state index is -0.105. The predicted molar refractivity (Wildman–Crippen MR) is 61.9 cm³/mol. The SMILES string of the molecule is CC1(C)COC(C)(CCN2CCCC2)N1. The normalized spacial score (nSPS) is 36.2. The van der Waals surface area contributed by atoms with E-state index in [4.69, 9.17) is 4.74 Å². The molecule has 1 N–H and O–H groups in total. The Morgan fingerprint density at radius 2 is 1.87 bits per heavy atom. The summed E-state index contributed by atoms with van der Waals surface area (Å²) < 4.78 is 5.88. The fraction of sp³-hybridized carbons (Fsp3) is 1.00. The van der Waals surface area contributed by atoms with E-state index in [1.165, 1.54) is 32.5 Å². The minimum Gasteiger partial charge on any atom is -0.359 e. The molecule has 0 spiro atoms. The molecule has 0 aromatic heterocycles. The molecule has 0 aromatic rings. The lowest BCUT2D eigenvalue weighted by atomic mass is 10.1. The van der Waals surface area contributed by atoms with Crippen LogP contribution in [-0.4, -0.2) is 42.4 Å². The summed E-state index contributed by atoms with van der Waals surface area (Å²) in [6, 6.07) is 0. The molecule has 2 aliphatic heterocycles. The molecule has 2 aliphatic rings. The molecule has 2 saturated heterocycles. The van der Waals surface area contributed by atoms with Crippen LogP contribution in [0.15, 0.2) is 0 Å². The third-order valence-corrected chi connectivity index (χ3v) is 3.46. The van der Waals surface area contributed by atoms with Crippen molar-refractivity contribution in [3.63, 3.8) is 0 Å². The number of hydrogen-bond donors (Lipinski definition) is 1. The van der Waals surface area contributed by atoms with Gasteiger partial charge in [0.1, 0.15) is 5.72 Å². The highest BCUT2D eigenvalue weighted by Gasteiger charge is 2.39. The zero-order chi connectivity index (χ0) is 10.9. The summed E-state index contributed by atoms with van der Waals surface area (Å²) in [6.45, 7) is 11.1. The fourth-order valence-electron chi connectivity index (χ4n) is 2.64. The number of hydrogen-bond acceptors (Lipinski definition) is 3. The number of ether oxygens (including phenoxy) is 1. The zero-order valence-corrected chi connectivity index (χ0v) is 10.3. The molecule has 0 amide bonds. The highest BCUT2D eigenvalue weighted by Crippen LogP contribution is 2.26. The Labute approximate surface area is 93.2 Å². The van der Waals surface area contributed by atoms with Gasteiger partial charge in [-0.3, -0.25) is 5.32 Å². The molecule has 0 bridgehead atoms. The second kappa shape index (κ2) is 4.04. The van der Waals surface area contributed by atoms with E-state index in [-0.39, 0.29) is 11.3 Å². The van der Waals surface area contributed by atoms with Crippen molar-refractivity contribution >= 4 is 0 Å². The van der Waals surface area contributed by atoms with Crippen molar-refractivity contribution in [1.82, 2.24) is 10.2 Å². The molecule has 1 atom stereocenters. The number of rotatable bonds is 3. The van der Waals surface area contributed by atoms with Crippen LogP contribution >= 0.6 is 0 Å². The smallest absolute Gasteiger partial charge is 0.118 e. The lowest BCUT2D eigenvalue weighted by Gasteiger charge is -2.28. The van der Waals surface area contributed by atoms with Gasteiger partial charge < -0.3 is 9.64 Å². The van der Waals surface area contributed by atoms with E-state index in [0.29, 0.717) is 0 Å². The average Bonchev–Trinajstić information content (AvgIpc) is 2.71. The topological polar surface area (TPSA) is 24.5 Å². The standard InChI is InChI=1S/C12H24N2O/c1-11(2)10-15-12(3,13-11)6-9-14-7-4-5-8-14/h13H,4-10H2,1-3H3. The van der Waals surface area contributed by atoms with E-state index in [9.17, 15) is 0 Å². The summed E-state index contributed by atoms with van der Waals surface area (Å²) in [6.07, 6.45) is 3.84. The Hall–Kier alpha value is -0.120. The Morgan fingerprint density at radius 1 is 1.20 bits per heavy atom. The maximum absolute atomic E-state index is 5.88. The van der Waals surface area contributed by atoms with Crippen LogP contribution in [0.4, 0.5) is 0 Å². The predicted octanol–water partition coefficient (Wildman–Crippen LogP) is 1.59. The van der Waals surface area contributed by atoms with Gasteiger partial charge in [0.05, 0.1) is 6.61 Å². The molecule has 88 valence electrons. The Morgan fingerprint density at radius 3 is 2.40 bits per heavy atom. The van der Waals surface area contributed by atoms with Gasteiger partial charge in [-0.25, -0.2) is 0 Å². The lowest BCUT2D eigenvalue weighted by molar-refractivity contribution is -0.00660. The van der Waals surface area contributed by atoms with Crippen LogP contribution in [0.1, 0.15) is 40.0 Å². The molecule has 1 unspecified atom stereocenters. The van der Waals surface area contributed by atoms with Gasteiger partial charge in [0.25, 0.3) is 0 Å². The van der Waals surface area contributed by atoms with Crippen molar-refractivity contribution < 1.29 is 4.74 Å². The van der Waals surface area contributed by atoms with Crippen LogP contribution in [-0.2, 0) is 4.74 Å². The van der Waals surface area contributed by atoms with E-state index in [0.717, 1.165) is 13.0 Å². The third kappa shape index (κ3) is 2.92. The van der Waals surface area contributed by atoms with Crippen LogP contribution < -0.4 is 5.32 Å². The molecule has 3 nitrogen and oxygen atoms in total. The first kappa shape index (κ1) is 11.4. The third-order valence-electron chi connectivity index (χ3n) is 3.46. The van der Waals surface area contributed by atoms with Crippen LogP contribution in [0, 0.1) is 0 Å². The highest BCUT2D eigenvalue weighted by atomic mass is 16.5. The van der Waals surface area contributed by atoms with E-state index < -0.39 is 0 Å². The van der Waals surface area contributed by atoms with Crippen LogP contribution in [0.3, 0.4) is 0 Å². The van der Waals surface area contributed by atoms with Crippen molar-refractivity contribution in [2.75, 3.05) is 26.2 Å². The van der Waals surface area contributed by atoms with Crippen molar-refractivity contribution in [1.29, 1.82) is 0 Å². The Balaban J connectivity index is 1.78. The van der Waals surface area contributed by atoms with E-state index >= 15 is 0 Å². The Bertz CT molecular complexity index is 224. The van der Waals surface area contributed by atoms with E-state index in [2.05, 4.69) is 31.0 Å². The highest BCUT2D eigenvalue weighted by molar-refractivity contribution is 4.92. The molecule has 2 fully saturated rings. The zero-order valence-electron chi connectivity index (χ0n) is 10.3. The van der Waals surface area contributed by atoms with Crippen molar-refractivity contribution in [2.24, 2.45) is 0 Å². The molecule has 0 saturated carbocycles. The average molecular weight is 212 g/mol. The molecule has 3 heteroatoms. The maximum Gasteiger partial charge on any atom is 0.118 e. The fourth-order valence-corrected chi connectivity index (χ4v) is 2.64. The van der Waals surface area contributed by atoms with E-state index in [1.807, 2.05) is 0 Å². The van der Waals surface area contributed by atoms with Gasteiger partial charge in [-0.2, -0.15) is 0 Å². The monoisotopic (exact) mass is 212 g/mol. The molecular weight excluding hydrogens is 188 g/mol. The van der Waals surface area contributed by atoms with E-state index in [1.54, 1.807) is 0 Å². The van der Waals surface area contributed by atoms with Crippen molar-refractivity contribution in [3.8, 4) is 0 Å². The second-order valence-corrected chi connectivity index (χ2v) is 5.83. The lowest BCUT2D eigenvalue weighted by Crippen LogP contribution is -2.47. The molecule has 2 rings (SSSR count). The summed E-state index contributed by atoms with van der Waals surface area (Å²) in [4.78, 5) is 2.54. The minimum absolute atomic E-state index is 0.105. The first-order chi connectivity index (χ1) is 6.99.